The third-order valence-corrected chi connectivity index (χ3v) is 3.30. The van der Waals surface area contributed by atoms with E-state index in [2.05, 4.69) is 20.3 Å². The molecule has 2 aromatic carbocycles. The second-order valence-corrected chi connectivity index (χ2v) is 5.12. The number of alkyl halides is 2. The number of halogens is 3. The van der Waals surface area contributed by atoms with Gasteiger partial charge < -0.3 is 14.5 Å². The molecule has 0 atom stereocenters. The maximum Gasteiger partial charge on any atom is 0.387 e. The molecule has 1 N–H and O–H groups in total. The molecule has 0 spiro atoms. The maximum atomic E-state index is 13.2. The van der Waals surface area contributed by atoms with E-state index in [9.17, 15) is 13.2 Å². The second-order valence-electron chi connectivity index (χ2n) is 5.12. The molecule has 3 aromatic rings. The quantitative estimate of drug-likeness (QED) is 0.698. The van der Waals surface area contributed by atoms with Gasteiger partial charge in [-0.05, 0) is 17.7 Å². The molecule has 130 valence electrons. The van der Waals surface area contributed by atoms with Crippen LogP contribution in [0.25, 0.3) is 0 Å². The lowest BCUT2D eigenvalue weighted by Gasteiger charge is -2.11. The smallest absolute Gasteiger partial charge is 0.387 e. The van der Waals surface area contributed by atoms with Crippen molar-refractivity contribution in [3.8, 4) is 5.75 Å². The Morgan fingerprint density at radius 2 is 1.80 bits per heavy atom. The molecule has 0 unspecified atom stereocenters. The third kappa shape index (κ3) is 4.72. The highest BCUT2D eigenvalue weighted by molar-refractivity contribution is 5.56. The first kappa shape index (κ1) is 16.8. The van der Waals surface area contributed by atoms with Gasteiger partial charge in [-0.1, -0.05) is 30.3 Å². The third-order valence-electron chi connectivity index (χ3n) is 3.30. The highest BCUT2D eigenvalue weighted by Crippen LogP contribution is 2.27. The number of aromatic nitrogens is 2. The van der Waals surface area contributed by atoms with Crippen LogP contribution in [0.5, 0.6) is 5.75 Å². The Balaban J connectivity index is 1.64. The minimum atomic E-state index is -3.05. The van der Waals surface area contributed by atoms with E-state index in [0.29, 0.717) is 12.3 Å². The Kier molecular flexibility index (Phi) is 5.17. The first-order chi connectivity index (χ1) is 12.1. The van der Waals surface area contributed by atoms with Crippen LogP contribution < -0.4 is 10.1 Å². The van der Waals surface area contributed by atoms with Crippen molar-refractivity contribution in [2.24, 2.45) is 0 Å². The van der Waals surface area contributed by atoms with Gasteiger partial charge in [-0.15, -0.1) is 10.2 Å². The molecule has 0 amide bonds. The zero-order chi connectivity index (χ0) is 17.6. The average molecular weight is 349 g/mol. The molecule has 0 fully saturated rings. The van der Waals surface area contributed by atoms with Crippen molar-refractivity contribution in [2.45, 2.75) is 19.6 Å². The van der Waals surface area contributed by atoms with E-state index in [0.717, 1.165) is 17.7 Å². The zero-order valence-corrected chi connectivity index (χ0v) is 13.0. The fourth-order valence-corrected chi connectivity index (χ4v) is 2.21. The van der Waals surface area contributed by atoms with Gasteiger partial charge in [0.2, 0.25) is 11.8 Å². The highest BCUT2D eigenvalue weighted by atomic mass is 19.3. The van der Waals surface area contributed by atoms with Gasteiger partial charge in [0.25, 0.3) is 0 Å². The molecule has 0 aliphatic carbocycles. The minimum absolute atomic E-state index is 0.0903. The average Bonchev–Trinajstić information content (AvgIpc) is 3.02. The summed E-state index contributed by atoms with van der Waals surface area (Å²) in [6.45, 7) is -2.96. The molecular weight excluding hydrogens is 335 g/mol. The number of ether oxygens (including phenoxy) is 1. The standard InChI is InChI=1S/C17H14F3N3O2/c18-12-6-7-13(14(9-12)24-17(19)20)21-10-16-23-22-15(25-16)8-11-4-2-1-3-5-11/h1-7,9,17,21H,8,10H2. The molecule has 25 heavy (non-hydrogen) atoms. The molecular formula is C17H14F3N3O2. The van der Waals surface area contributed by atoms with Crippen molar-refractivity contribution in [1.29, 1.82) is 0 Å². The van der Waals surface area contributed by atoms with Crippen molar-refractivity contribution in [3.05, 3.63) is 71.7 Å². The lowest BCUT2D eigenvalue weighted by molar-refractivity contribution is -0.0495. The van der Waals surface area contributed by atoms with Crippen LogP contribution in [0.1, 0.15) is 17.3 Å². The predicted molar refractivity (Wildman–Crippen MR) is 83.9 cm³/mol. The fraction of sp³-hybridized carbons (Fsp3) is 0.176. The molecule has 1 aromatic heterocycles. The summed E-state index contributed by atoms with van der Waals surface area (Å²) in [5, 5.41) is 10.7. The molecule has 0 aliphatic heterocycles. The summed E-state index contributed by atoms with van der Waals surface area (Å²) in [7, 11) is 0. The summed E-state index contributed by atoms with van der Waals surface area (Å²) >= 11 is 0. The van der Waals surface area contributed by atoms with E-state index in [1.54, 1.807) is 0 Å². The van der Waals surface area contributed by atoms with Crippen molar-refractivity contribution >= 4 is 5.69 Å². The van der Waals surface area contributed by atoms with Crippen LogP contribution in [0, 0.1) is 5.82 Å². The molecule has 0 saturated heterocycles. The van der Waals surface area contributed by atoms with Crippen LogP contribution in [0.4, 0.5) is 18.9 Å². The largest absolute Gasteiger partial charge is 0.433 e. The normalized spacial score (nSPS) is 10.9. The van der Waals surface area contributed by atoms with Gasteiger partial charge >= 0.3 is 6.61 Å². The number of hydrogen-bond acceptors (Lipinski definition) is 5. The zero-order valence-electron chi connectivity index (χ0n) is 13.0. The summed E-state index contributed by atoms with van der Waals surface area (Å²) in [6.07, 6.45) is 0.490. The van der Waals surface area contributed by atoms with Gasteiger partial charge in [-0.25, -0.2) is 4.39 Å². The lowest BCUT2D eigenvalue weighted by atomic mass is 10.2. The van der Waals surface area contributed by atoms with Crippen LogP contribution >= 0.6 is 0 Å². The number of benzene rings is 2. The molecule has 0 aliphatic rings. The van der Waals surface area contributed by atoms with Crippen LogP contribution in [-0.2, 0) is 13.0 Å². The summed E-state index contributed by atoms with van der Waals surface area (Å²) in [5.41, 5.74) is 1.22. The summed E-state index contributed by atoms with van der Waals surface area (Å²) in [6, 6.07) is 12.9. The van der Waals surface area contributed by atoms with Crippen LogP contribution in [-0.4, -0.2) is 16.8 Å². The Morgan fingerprint density at radius 3 is 2.56 bits per heavy atom. The SMILES string of the molecule is Fc1ccc(NCc2nnc(Cc3ccccc3)o2)c(OC(F)F)c1. The highest BCUT2D eigenvalue weighted by Gasteiger charge is 2.12. The Labute approximate surface area is 141 Å². The van der Waals surface area contributed by atoms with Crippen LogP contribution in [0.3, 0.4) is 0 Å². The monoisotopic (exact) mass is 349 g/mol. The van der Waals surface area contributed by atoms with Gasteiger partial charge in [-0.3, -0.25) is 0 Å². The van der Waals surface area contributed by atoms with Crippen molar-refractivity contribution < 1.29 is 22.3 Å². The Morgan fingerprint density at radius 1 is 1.04 bits per heavy atom. The van der Waals surface area contributed by atoms with Gasteiger partial charge in [0.15, 0.2) is 5.75 Å². The van der Waals surface area contributed by atoms with Crippen LogP contribution in [0.2, 0.25) is 0 Å². The summed E-state index contributed by atoms with van der Waals surface area (Å²) in [5.74, 6) is -0.257. The number of nitrogens with zero attached hydrogens (tertiary/aromatic N) is 2. The Hall–Kier alpha value is -3.03. The van der Waals surface area contributed by atoms with E-state index in [4.69, 9.17) is 4.42 Å². The molecule has 0 saturated carbocycles. The molecule has 5 nitrogen and oxygen atoms in total. The first-order valence-electron chi connectivity index (χ1n) is 7.43. The van der Waals surface area contributed by atoms with Crippen molar-refractivity contribution in [2.75, 3.05) is 5.32 Å². The van der Waals surface area contributed by atoms with E-state index < -0.39 is 12.4 Å². The topological polar surface area (TPSA) is 60.2 Å². The first-order valence-corrected chi connectivity index (χ1v) is 7.43. The molecule has 3 rings (SSSR count). The van der Waals surface area contributed by atoms with E-state index in [1.165, 1.54) is 6.07 Å². The Bertz CT molecular complexity index is 825. The summed E-state index contributed by atoms with van der Waals surface area (Å²) < 4.78 is 47.8. The molecule has 0 bridgehead atoms. The summed E-state index contributed by atoms with van der Waals surface area (Å²) in [4.78, 5) is 0. The minimum Gasteiger partial charge on any atom is -0.433 e. The predicted octanol–water partition coefficient (Wildman–Crippen LogP) is 4.01. The molecule has 0 radical (unpaired) electrons. The van der Waals surface area contributed by atoms with Gasteiger partial charge in [0.1, 0.15) is 5.82 Å². The van der Waals surface area contributed by atoms with Crippen molar-refractivity contribution in [3.63, 3.8) is 0 Å². The van der Waals surface area contributed by atoms with E-state index >= 15 is 0 Å². The molecule has 1 heterocycles. The second kappa shape index (κ2) is 7.69. The van der Waals surface area contributed by atoms with Gasteiger partial charge in [0, 0.05) is 6.07 Å². The van der Waals surface area contributed by atoms with Gasteiger partial charge in [-0.2, -0.15) is 8.78 Å². The number of rotatable bonds is 7. The number of nitrogens with one attached hydrogen (secondary N) is 1. The molecule has 8 heteroatoms. The lowest BCUT2D eigenvalue weighted by Crippen LogP contribution is -2.07. The fourth-order valence-electron chi connectivity index (χ4n) is 2.21. The van der Waals surface area contributed by atoms with Crippen molar-refractivity contribution in [1.82, 2.24) is 10.2 Å². The van der Waals surface area contributed by atoms with E-state index in [-0.39, 0.29) is 23.9 Å². The number of hydrogen-bond donors (Lipinski definition) is 1. The van der Waals surface area contributed by atoms with E-state index in [1.807, 2.05) is 30.3 Å². The maximum absolute atomic E-state index is 13.2. The number of anilines is 1. The van der Waals surface area contributed by atoms with Gasteiger partial charge in [0.05, 0.1) is 18.7 Å². The van der Waals surface area contributed by atoms with Crippen LogP contribution in [0.15, 0.2) is 52.9 Å².